The van der Waals surface area contributed by atoms with Crippen LogP contribution in [0.5, 0.6) is 5.75 Å². The highest BCUT2D eigenvalue weighted by Gasteiger charge is 2.18. The molecule has 19 heavy (non-hydrogen) atoms. The monoisotopic (exact) mass is 275 g/mol. The van der Waals surface area contributed by atoms with E-state index in [0.717, 1.165) is 4.88 Å². The summed E-state index contributed by atoms with van der Waals surface area (Å²) in [5.41, 5.74) is 1.20. The van der Waals surface area contributed by atoms with Gasteiger partial charge in [0.05, 0.1) is 6.54 Å². The van der Waals surface area contributed by atoms with Crippen LogP contribution in [0.2, 0.25) is 0 Å². The zero-order chi connectivity index (χ0) is 13.8. The lowest BCUT2D eigenvalue weighted by Crippen LogP contribution is -2.30. The minimum Gasteiger partial charge on any atom is -0.508 e. The average molecular weight is 275 g/mol. The highest BCUT2D eigenvalue weighted by molar-refractivity contribution is 7.09. The van der Waals surface area contributed by atoms with Crippen LogP contribution in [0.15, 0.2) is 35.7 Å². The van der Waals surface area contributed by atoms with Gasteiger partial charge in [-0.3, -0.25) is 4.79 Å². The van der Waals surface area contributed by atoms with Crippen molar-refractivity contribution < 1.29 is 9.90 Å². The molecule has 0 bridgehead atoms. The van der Waals surface area contributed by atoms with E-state index in [9.17, 15) is 9.90 Å². The van der Waals surface area contributed by atoms with Crippen molar-refractivity contribution in [2.75, 3.05) is 6.54 Å². The molecular formula is C15H17NO2S. The predicted octanol–water partition coefficient (Wildman–Crippen LogP) is 3.42. The molecule has 2 rings (SSSR count). The van der Waals surface area contributed by atoms with Gasteiger partial charge >= 0.3 is 0 Å². The number of phenols is 1. The third-order valence-electron chi connectivity index (χ3n) is 3.13. The zero-order valence-electron chi connectivity index (χ0n) is 11.1. The first-order chi connectivity index (χ1) is 9.13. The number of carbonyl (C=O) groups is 1. The lowest BCUT2D eigenvalue weighted by Gasteiger charge is -2.21. The van der Waals surface area contributed by atoms with Crippen molar-refractivity contribution in [1.82, 2.24) is 4.90 Å². The van der Waals surface area contributed by atoms with E-state index in [0.29, 0.717) is 24.2 Å². The summed E-state index contributed by atoms with van der Waals surface area (Å²) in [5.74, 6) is 0.127. The average Bonchev–Trinajstić information content (AvgIpc) is 2.91. The van der Waals surface area contributed by atoms with Crippen molar-refractivity contribution in [2.45, 2.75) is 20.4 Å². The normalized spacial score (nSPS) is 10.4. The van der Waals surface area contributed by atoms with Crippen LogP contribution in [0.25, 0.3) is 0 Å². The van der Waals surface area contributed by atoms with Crippen molar-refractivity contribution >= 4 is 17.2 Å². The summed E-state index contributed by atoms with van der Waals surface area (Å²) in [4.78, 5) is 15.4. The first-order valence-electron chi connectivity index (χ1n) is 6.23. The number of thiophene rings is 1. The molecule has 0 spiro atoms. The van der Waals surface area contributed by atoms with Crippen molar-refractivity contribution in [1.29, 1.82) is 0 Å². The van der Waals surface area contributed by atoms with E-state index < -0.39 is 0 Å². The second-order valence-corrected chi connectivity index (χ2v) is 5.38. The van der Waals surface area contributed by atoms with Crippen LogP contribution in [0, 0.1) is 6.92 Å². The Kier molecular flexibility index (Phi) is 4.22. The van der Waals surface area contributed by atoms with Crippen LogP contribution >= 0.6 is 11.3 Å². The lowest BCUT2D eigenvalue weighted by atomic mass is 10.1. The molecule has 0 unspecified atom stereocenters. The summed E-state index contributed by atoms with van der Waals surface area (Å²) < 4.78 is 0. The molecular weight excluding hydrogens is 258 g/mol. The molecule has 3 nitrogen and oxygen atoms in total. The molecule has 1 aromatic carbocycles. The molecule has 0 aliphatic rings. The van der Waals surface area contributed by atoms with Gasteiger partial charge in [-0.05, 0) is 37.4 Å². The second kappa shape index (κ2) is 5.89. The Bertz CT molecular complexity index is 564. The van der Waals surface area contributed by atoms with E-state index in [1.54, 1.807) is 41.4 Å². The molecule has 1 heterocycles. The van der Waals surface area contributed by atoms with Gasteiger partial charge in [-0.1, -0.05) is 12.1 Å². The van der Waals surface area contributed by atoms with Gasteiger partial charge in [0.2, 0.25) is 0 Å². The fourth-order valence-corrected chi connectivity index (χ4v) is 2.66. The van der Waals surface area contributed by atoms with Gasteiger partial charge in [0.15, 0.2) is 0 Å². The van der Waals surface area contributed by atoms with Gasteiger partial charge < -0.3 is 10.0 Å². The highest BCUT2D eigenvalue weighted by atomic mass is 32.1. The summed E-state index contributed by atoms with van der Waals surface area (Å²) >= 11 is 1.64. The zero-order valence-corrected chi connectivity index (χ0v) is 11.9. The minimum absolute atomic E-state index is 0.0377. The van der Waals surface area contributed by atoms with E-state index in [2.05, 4.69) is 0 Å². The molecule has 1 aromatic heterocycles. The third-order valence-corrected chi connectivity index (χ3v) is 3.99. The maximum absolute atomic E-state index is 12.5. The molecule has 0 saturated carbocycles. The molecule has 1 amide bonds. The molecule has 0 saturated heterocycles. The molecule has 0 radical (unpaired) electrons. The van der Waals surface area contributed by atoms with Gasteiger partial charge in [0.1, 0.15) is 5.75 Å². The SMILES string of the molecule is CCN(Cc1cccs1)C(=O)c1cccc(O)c1C. The Morgan fingerprint density at radius 3 is 2.74 bits per heavy atom. The molecule has 0 fully saturated rings. The van der Waals surface area contributed by atoms with Gasteiger partial charge in [-0.15, -0.1) is 11.3 Å². The van der Waals surface area contributed by atoms with E-state index in [4.69, 9.17) is 0 Å². The van der Waals surface area contributed by atoms with E-state index in [-0.39, 0.29) is 11.7 Å². The standard InChI is InChI=1S/C15H17NO2S/c1-3-16(10-12-6-5-9-19-12)15(18)13-7-4-8-14(17)11(13)2/h4-9,17H,3,10H2,1-2H3. The van der Waals surface area contributed by atoms with Crippen LogP contribution < -0.4 is 0 Å². The minimum atomic E-state index is -0.0377. The number of rotatable bonds is 4. The fourth-order valence-electron chi connectivity index (χ4n) is 1.94. The maximum Gasteiger partial charge on any atom is 0.254 e. The number of aromatic hydroxyl groups is 1. The summed E-state index contributed by atoms with van der Waals surface area (Å²) in [6.07, 6.45) is 0. The Labute approximate surface area is 117 Å². The summed E-state index contributed by atoms with van der Waals surface area (Å²) in [7, 11) is 0. The number of nitrogens with zero attached hydrogens (tertiary/aromatic N) is 1. The highest BCUT2D eigenvalue weighted by Crippen LogP contribution is 2.22. The van der Waals surface area contributed by atoms with Crippen molar-refractivity contribution in [3.63, 3.8) is 0 Å². The Morgan fingerprint density at radius 1 is 1.32 bits per heavy atom. The van der Waals surface area contributed by atoms with Crippen molar-refractivity contribution in [2.24, 2.45) is 0 Å². The number of hydrogen-bond acceptors (Lipinski definition) is 3. The largest absolute Gasteiger partial charge is 0.508 e. The smallest absolute Gasteiger partial charge is 0.254 e. The van der Waals surface area contributed by atoms with E-state index in [1.807, 2.05) is 24.4 Å². The van der Waals surface area contributed by atoms with Crippen LogP contribution in [-0.4, -0.2) is 22.5 Å². The van der Waals surface area contributed by atoms with Crippen molar-refractivity contribution in [3.05, 3.63) is 51.7 Å². The summed E-state index contributed by atoms with van der Waals surface area (Å²) in [5, 5.41) is 11.7. The number of benzene rings is 1. The predicted molar refractivity (Wildman–Crippen MR) is 77.6 cm³/mol. The van der Waals surface area contributed by atoms with Gasteiger partial charge in [-0.25, -0.2) is 0 Å². The third kappa shape index (κ3) is 2.96. The second-order valence-electron chi connectivity index (χ2n) is 4.35. The van der Waals surface area contributed by atoms with Crippen LogP contribution in [0.4, 0.5) is 0 Å². The van der Waals surface area contributed by atoms with Crippen LogP contribution in [-0.2, 0) is 6.54 Å². The topological polar surface area (TPSA) is 40.5 Å². The first kappa shape index (κ1) is 13.6. The van der Waals surface area contributed by atoms with Gasteiger partial charge in [0, 0.05) is 22.5 Å². The van der Waals surface area contributed by atoms with E-state index >= 15 is 0 Å². The van der Waals surface area contributed by atoms with Gasteiger partial charge in [-0.2, -0.15) is 0 Å². The van der Waals surface area contributed by atoms with Gasteiger partial charge in [0.25, 0.3) is 5.91 Å². The molecule has 0 aliphatic heterocycles. The molecule has 1 N–H and O–H groups in total. The van der Waals surface area contributed by atoms with Crippen LogP contribution in [0.1, 0.15) is 27.7 Å². The number of amides is 1. The number of carbonyl (C=O) groups excluding carboxylic acids is 1. The Balaban J connectivity index is 2.23. The molecule has 100 valence electrons. The quantitative estimate of drug-likeness (QED) is 0.928. The maximum atomic E-state index is 12.5. The van der Waals surface area contributed by atoms with Crippen molar-refractivity contribution in [3.8, 4) is 5.75 Å². The number of hydrogen-bond donors (Lipinski definition) is 1. The molecule has 0 aliphatic carbocycles. The Morgan fingerprint density at radius 2 is 2.11 bits per heavy atom. The summed E-state index contributed by atoms with van der Waals surface area (Å²) in [6.45, 7) is 4.99. The van der Waals surface area contributed by atoms with E-state index in [1.165, 1.54) is 0 Å². The Hall–Kier alpha value is -1.81. The fraction of sp³-hybridized carbons (Fsp3) is 0.267. The summed E-state index contributed by atoms with van der Waals surface area (Å²) in [6, 6.07) is 9.07. The molecule has 2 aromatic rings. The number of phenolic OH excluding ortho intramolecular Hbond substituents is 1. The first-order valence-corrected chi connectivity index (χ1v) is 7.11. The molecule has 4 heteroatoms. The lowest BCUT2D eigenvalue weighted by molar-refractivity contribution is 0.0753. The van der Waals surface area contributed by atoms with Crippen LogP contribution in [0.3, 0.4) is 0 Å². The molecule has 0 atom stereocenters.